The van der Waals surface area contributed by atoms with Crippen molar-refractivity contribution < 1.29 is 5.11 Å². The first-order chi connectivity index (χ1) is 8.81. The van der Waals surface area contributed by atoms with Crippen molar-refractivity contribution in [2.45, 2.75) is 31.7 Å². The van der Waals surface area contributed by atoms with E-state index in [0.717, 1.165) is 18.5 Å². The number of hydrogen-bond donors (Lipinski definition) is 1. The molecule has 2 aromatic rings. The van der Waals surface area contributed by atoms with Crippen LogP contribution in [0, 0.1) is 5.92 Å². The summed E-state index contributed by atoms with van der Waals surface area (Å²) in [5, 5.41) is 9.88. The number of nitrogens with zero attached hydrogens (tertiary/aromatic N) is 4. The van der Waals surface area contributed by atoms with Crippen molar-refractivity contribution in [3.63, 3.8) is 0 Å². The van der Waals surface area contributed by atoms with Crippen molar-refractivity contribution in [3.05, 3.63) is 17.8 Å². The van der Waals surface area contributed by atoms with Gasteiger partial charge in [0, 0.05) is 18.6 Å². The van der Waals surface area contributed by atoms with E-state index in [-0.39, 0.29) is 18.6 Å². The SMILES string of the molecule is OC[C@@H]1CCCC[C@@H]1n1cnc2c(Cl)ncnc21. The summed E-state index contributed by atoms with van der Waals surface area (Å²) in [5.74, 6) is 0.282. The number of aromatic nitrogens is 4. The fraction of sp³-hybridized carbons (Fsp3) is 0.583. The molecule has 3 rings (SSSR count). The first kappa shape index (κ1) is 11.9. The predicted octanol–water partition coefficient (Wildman–Crippen LogP) is 2.20. The highest BCUT2D eigenvalue weighted by atomic mass is 35.5. The molecule has 18 heavy (non-hydrogen) atoms. The highest BCUT2D eigenvalue weighted by Crippen LogP contribution is 2.35. The molecule has 6 heteroatoms. The van der Waals surface area contributed by atoms with Crippen LogP contribution in [0.15, 0.2) is 12.7 Å². The summed E-state index contributed by atoms with van der Waals surface area (Å²) in [7, 11) is 0. The second-order valence-electron chi connectivity index (χ2n) is 4.78. The van der Waals surface area contributed by atoms with E-state index in [2.05, 4.69) is 15.0 Å². The van der Waals surface area contributed by atoms with Crippen LogP contribution in [-0.4, -0.2) is 31.2 Å². The predicted molar refractivity (Wildman–Crippen MR) is 68.4 cm³/mol. The van der Waals surface area contributed by atoms with Gasteiger partial charge in [-0.2, -0.15) is 0 Å². The van der Waals surface area contributed by atoms with E-state index < -0.39 is 0 Å². The number of halogens is 1. The van der Waals surface area contributed by atoms with Crippen LogP contribution < -0.4 is 0 Å². The van der Waals surface area contributed by atoms with E-state index in [1.165, 1.54) is 19.2 Å². The maximum Gasteiger partial charge on any atom is 0.165 e. The van der Waals surface area contributed by atoms with Gasteiger partial charge in [0.05, 0.1) is 6.33 Å². The second-order valence-corrected chi connectivity index (χ2v) is 5.14. The summed E-state index contributed by atoms with van der Waals surface area (Å²) in [6.07, 6.45) is 7.70. The maximum atomic E-state index is 9.49. The lowest BCUT2D eigenvalue weighted by molar-refractivity contribution is 0.140. The van der Waals surface area contributed by atoms with Crippen LogP contribution >= 0.6 is 11.6 Å². The highest BCUT2D eigenvalue weighted by Gasteiger charge is 2.27. The molecule has 0 saturated heterocycles. The number of fused-ring (bicyclic) bond motifs is 1. The number of rotatable bonds is 2. The molecular formula is C12H15ClN4O. The van der Waals surface area contributed by atoms with E-state index in [4.69, 9.17) is 11.6 Å². The fourth-order valence-electron chi connectivity index (χ4n) is 2.83. The molecule has 0 aliphatic heterocycles. The molecule has 2 heterocycles. The molecule has 0 radical (unpaired) electrons. The molecule has 1 aliphatic rings. The minimum atomic E-state index is 0.211. The van der Waals surface area contributed by atoms with Gasteiger partial charge in [-0.05, 0) is 12.8 Å². The van der Waals surface area contributed by atoms with Crippen molar-refractivity contribution in [2.24, 2.45) is 5.92 Å². The van der Waals surface area contributed by atoms with Gasteiger partial charge >= 0.3 is 0 Å². The number of aliphatic hydroxyl groups is 1. The van der Waals surface area contributed by atoms with Gasteiger partial charge in [0.2, 0.25) is 0 Å². The van der Waals surface area contributed by atoms with E-state index >= 15 is 0 Å². The molecule has 2 aromatic heterocycles. The molecule has 5 nitrogen and oxygen atoms in total. The van der Waals surface area contributed by atoms with Crippen LogP contribution in [0.25, 0.3) is 11.2 Å². The Balaban J connectivity index is 2.05. The van der Waals surface area contributed by atoms with Gasteiger partial charge in [-0.1, -0.05) is 24.4 Å². The monoisotopic (exact) mass is 266 g/mol. The minimum absolute atomic E-state index is 0.211. The lowest BCUT2D eigenvalue weighted by atomic mass is 9.85. The zero-order valence-corrected chi connectivity index (χ0v) is 10.7. The Morgan fingerprint density at radius 1 is 1.28 bits per heavy atom. The Kier molecular flexibility index (Phi) is 3.18. The molecule has 1 aliphatic carbocycles. The van der Waals surface area contributed by atoms with Gasteiger partial charge in [0.25, 0.3) is 0 Å². The molecular weight excluding hydrogens is 252 g/mol. The molecule has 0 bridgehead atoms. The van der Waals surface area contributed by atoms with E-state index in [0.29, 0.717) is 10.7 Å². The van der Waals surface area contributed by atoms with Crippen LogP contribution in [0.3, 0.4) is 0 Å². The third-order valence-corrected chi connectivity index (χ3v) is 4.05. The van der Waals surface area contributed by atoms with Gasteiger partial charge in [0.1, 0.15) is 11.8 Å². The van der Waals surface area contributed by atoms with E-state index in [1.54, 1.807) is 6.33 Å². The molecule has 1 saturated carbocycles. The number of aliphatic hydroxyl groups excluding tert-OH is 1. The average Bonchev–Trinajstić information content (AvgIpc) is 2.84. The average molecular weight is 267 g/mol. The molecule has 0 aromatic carbocycles. The molecule has 96 valence electrons. The third-order valence-electron chi connectivity index (χ3n) is 3.77. The first-order valence-corrected chi connectivity index (χ1v) is 6.63. The summed E-state index contributed by atoms with van der Waals surface area (Å²) in [6.45, 7) is 0.211. The van der Waals surface area contributed by atoms with Gasteiger partial charge in [-0.3, -0.25) is 0 Å². The molecule has 0 unspecified atom stereocenters. The second kappa shape index (κ2) is 4.82. The lowest BCUT2D eigenvalue weighted by Crippen LogP contribution is -2.25. The summed E-state index contributed by atoms with van der Waals surface area (Å²) >= 11 is 6.00. The summed E-state index contributed by atoms with van der Waals surface area (Å²) in [5.41, 5.74) is 1.40. The van der Waals surface area contributed by atoms with Crippen LogP contribution in [0.1, 0.15) is 31.7 Å². The van der Waals surface area contributed by atoms with Crippen LogP contribution in [0.4, 0.5) is 0 Å². The molecule has 0 amide bonds. The lowest BCUT2D eigenvalue weighted by Gasteiger charge is -2.31. The van der Waals surface area contributed by atoms with E-state index in [9.17, 15) is 5.11 Å². The third kappa shape index (κ3) is 1.87. The number of imidazole rings is 1. The molecule has 1 N–H and O–H groups in total. The molecule has 2 atom stereocenters. The quantitative estimate of drug-likeness (QED) is 0.847. The van der Waals surface area contributed by atoms with Crippen molar-refractivity contribution >= 4 is 22.8 Å². The van der Waals surface area contributed by atoms with Crippen LogP contribution in [0.5, 0.6) is 0 Å². The summed E-state index contributed by atoms with van der Waals surface area (Å²) in [4.78, 5) is 12.5. The summed E-state index contributed by atoms with van der Waals surface area (Å²) < 4.78 is 2.04. The van der Waals surface area contributed by atoms with Gasteiger partial charge in [-0.15, -0.1) is 0 Å². The standard InChI is InChI=1S/C12H15ClN4O/c13-11-10-12(15-6-14-11)17(7-16-10)9-4-2-1-3-8(9)5-18/h6-9,18H,1-5H2/t8-,9-/m0/s1. The van der Waals surface area contributed by atoms with Gasteiger partial charge in [-0.25, -0.2) is 15.0 Å². The first-order valence-electron chi connectivity index (χ1n) is 6.25. The Bertz CT molecular complexity index is 556. The largest absolute Gasteiger partial charge is 0.396 e. The number of hydrogen-bond acceptors (Lipinski definition) is 4. The summed E-state index contributed by atoms with van der Waals surface area (Å²) in [6, 6.07) is 0.264. The van der Waals surface area contributed by atoms with Crippen LogP contribution in [-0.2, 0) is 0 Å². The Morgan fingerprint density at radius 3 is 2.94 bits per heavy atom. The van der Waals surface area contributed by atoms with Crippen molar-refractivity contribution in [2.75, 3.05) is 6.61 Å². The fourth-order valence-corrected chi connectivity index (χ4v) is 3.01. The zero-order valence-electron chi connectivity index (χ0n) is 9.96. The molecule has 0 spiro atoms. The normalized spacial score (nSPS) is 24.6. The Labute approximate surface area is 110 Å². The van der Waals surface area contributed by atoms with Crippen LogP contribution in [0.2, 0.25) is 5.15 Å². The minimum Gasteiger partial charge on any atom is -0.396 e. The van der Waals surface area contributed by atoms with Crippen molar-refractivity contribution in [1.82, 2.24) is 19.5 Å². The van der Waals surface area contributed by atoms with Crippen molar-refractivity contribution in [1.29, 1.82) is 0 Å². The van der Waals surface area contributed by atoms with Gasteiger partial charge in [0.15, 0.2) is 10.8 Å². The smallest absolute Gasteiger partial charge is 0.165 e. The highest BCUT2D eigenvalue weighted by molar-refractivity contribution is 6.33. The molecule has 1 fully saturated rings. The Morgan fingerprint density at radius 2 is 2.11 bits per heavy atom. The zero-order chi connectivity index (χ0) is 12.5. The van der Waals surface area contributed by atoms with E-state index in [1.807, 2.05) is 4.57 Å². The topological polar surface area (TPSA) is 63.8 Å². The maximum absolute atomic E-state index is 9.49. The Hall–Kier alpha value is -1.20. The van der Waals surface area contributed by atoms with Gasteiger partial charge < -0.3 is 9.67 Å². The van der Waals surface area contributed by atoms with Crippen molar-refractivity contribution in [3.8, 4) is 0 Å².